The Kier molecular flexibility index (Phi) is 4.11. The van der Waals surface area contributed by atoms with E-state index in [1.165, 1.54) is 72.2 Å². The highest BCUT2D eigenvalue weighted by Gasteiger charge is 2.27. The summed E-state index contributed by atoms with van der Waals surface area (Å²) in [5.74, 6) is 2.02. The normalized spacial score (nSPS) is 16.4. The Morgan fingerprint density at radius 1 is 1.15 bits per heavy atom. The molecule has 2 aliphatic rings. The summed E-state index contributed by atoms with van der Waals surface area (Å²) in [6.45, 7) is 2.24. The lowest BCUT2D eigenvalue weighted by Crippen LogP contribution is -2.31. The van der Waals surface area contributed by atoms with Gasteiger partial charge in [0.05, 0.1) is 11.3 Å². The minimum absolute atomic E-state index is 0.867. The number of imidazole rings is 1. The van der Waals surface area contributed by atoms with Crippen LogP contribution in [0.15, 0.2) is 42.9 Å². The molecule has 5 rings (SSSR count). The van der Waals surface area contributed by atoms with Gasteiger partial charge in [-0.05, 0) is 42.0 Å². The van der Waals surface area contributed by atoms with Crippen molar-refractivity contribution in [3.8, 4) is 16.9 Å². The van der Waals surface area contributed by atoms with E-state index >= 15 is 0 Å². The van der Waals surface area contributed by atoms with Crippen molar-refractivity contribution in [2.45, 2.75) is 51.9 Å². The van der Waals surface area contributed by atoms with Gasteiger partial charge < -0.3 is 4.57 Å². The summed E-state index contributed by atoms with van der Waals surface area (Å²) in [6, 6.07) is 9.27. The second-order valence-corrected chi connectivity index (χ2v) is 8.38. The zero-order valence-electron chi connectivity index (χ0n) is 16.4. The minimum atomic E-state index is 0.867. The van der Waals surface area contributed by atoms with Gasteiger partial charge in [-0.25, -0.2) is 9.55 Å². The smallest absolute Gasteiger partial charge is 0.213 e. The molecule has 0 unspecified atom stereocenters. The van der Waals surface area contributed by atoms with Crippen molar-refractivity contribution >= 4 is 0 Å². The fraction of sp³-hybridized carbons (Fsp3) is 0.417. The van der Waals surface area contributed by atoms with E-state index in [4.69, 9.17) is 0 Å². The Hall–Kier alpha value is -2.42. The van der Waals surface area contributed by atoms with Crippen molar-refractivity contribution in [3.63, 3.8) is 0 Å². The highest BCUT2D eigenvalue weighted by Crippen LogP contribution is 2.36. The molecule has 0 spiro atoms. The molecule has 1 aliphatic carbocycles. The average molecular weight is 359 g/mol. The van der Waals surface area contributed by atoms with Gasteiger partial charge in [0.2, 0.25) is 5.69 Å². The van der Waals surface area contributed by atoms with Gasteiger partial charge in [-0.15, -0.1) is 0 Å². The molecule has 0 saturated heterocycles. The van der Waals surface area contributed by atoms with Crippen molar-refractivity contribution in [1.29, 1.82) is 0 Å². The predicted molar refractivity (Wildman–Crippen MR) is 108 cm³/mol. The summed E-state index contributed by atoms with van der Waals surface area (Å²) in [6.07, 6.45) is 15.4. The third-order valence-electron chi connectivity index (χ3n) is 6.53. The lowest BCUT2D eigenvalue weighted by atomic mass is 9.84. The first-order valence-corrected chi connectivity index (χ1v) is 10.3. The average Bonchev–Trinajstić information content (AvgIpc) is 3.26. The molecular formula is C24H28N3+. The monoisotopic (exact) mass is 358 g/mol. The summed E-state index contributed by atoms with van der Waals surface area (Å²) in [7, 11) is 2.17. The van der Waals surface area contributed by atoms with E-state index < -0.39 is 0 Å². The standard InChI is InChI=1S/C24H28N3/c1-17-8-9-21-20(16-23-25-11-13-27(21)23)24(17)22-15-19(10-12-26(22)2)14-18-6-4-3-5-7-18/h8-13,15,18H,3-7,14,16H2,1-2H3/q+1. The lowest BCUT2D eigenvalue weighted by Gasteiger charge is -2.21. The Morgan fingerprint density at radius 2 is 2.00 bits per heavy atom. The lowest BCUT2D eigenvalue weighted by molar-refractivity contribution is -0.660. The maximum Gasteiger partial charge on any atom is 0.213 e. The van der Waals surface area contributed by atoms with E-state index in [9.17, 15) is 0 Å². The van der Waals surface area contributed by atoms with Crippen LogP contribution in [-0.4, -0.2) is 9.55 Å². The summed E-state index contributed by atoms with van der Waals surface area (Å²) < 4.78 is 4.53. The fourth-order valence-electron chi connectivity index (χ4n) is 5.07. The van der Waals surface area contributed by atoms with Crippen LogP contribution in [0.1, 0.15) is 54.6 Å². The molecule has 0 amide bonds. The second kappa shape index (κ2) is 6.63. The van der Waals surface area contributed by atoms with Crippen LogP contribution in [0, 0.1) is 12.8 Å². The first-order valence-electron chi connectivity index (χ1n) is 10.3. The molecule has 0 atom stereocenters. The van der Waals surface area contributed by atoms with Gasteiger partial charge in [0.15, 0.2) is 6.20 Å². The molecule has 2 aromatic heterocycles. The van der Waals surface area contributed by atoms with Crippen LogP contribution in [0.2, 0.25) is 0 Å². The van der Waals surface area contributed by atoms with Gasteiger partial charge in [0.1, 0.15) is 12.9 Å². The van der Waals surface area contributed by atoms with Crippen molar-refractivity contribution in [1.82, 2.24) is 9.55 Å². The topological polar surface area (TPSA) is 21.7 Å². The van der Waals surface area contributed by atoms with Crippen LogP contribution >= 0.6 is 0 Å². The predicted octanol–water partition coefficient (Wildman–Crippen LogP) is 4.70. The first kappa shape index (κ1) is 16.7. The second-order valence-electron chi connectivity index (χ2n) is 8.38. The molecule has 3 nitrogen and oxygen atoms in total. The van der Waals surface area contributed by atoms with Crippen molar-refractivity contribution in [2.24, 2.45) is 13.0 Å². The number of fused-ring (bicyclic) bond motifs is 3. The largest absolute Gasteiger partial charge is 0.303 e. The molecule has 0 N–H and O–H groups in total. The van der Waals surface area contributed by atoms with Crippen molar-refractivity contribution in [3.05, 3.63) is 65.4 Å². The molecule has 1 saturated carbocycles. The maximum absolute atomic E-state index is 4.55. The Morgan fingerprint density at radius 3 is 2.85 bits per heavy atom. The molecule has 3 heteroatoms. The van der Waals surface area contributed by atoms with Crippen LogP contribution in [0.5, 0.6) is 0 Å². The summed E-state index contributed by atoms with van der Waals surface area (Å²) in [5.41, 5.74) is 8.28. The number of benzene rings is 1. The van der Waals surface area contributed by atoms with Gasteiger partial charge in [-0.3, -0.25) is 0 Å². The highest BCUT2D eigenvalue weighted by atomic mass is 15.1. The van der Waals surface area contributed by atoms with Crippen molar-refractivity contribution in [2.75, 3.05) is 0 Å². The molecular weight excluding hydrogens is 330 g/mol. The van der Waals surface area contributed by atoms with E-state index in [2.05, 4.69) is 64.7 Å². The summed E-state index contributed by atoms with van der Waals surface area (Å²) in [5, 5.41) is 0. The number of hydrogen-bond donors (Lipinski definition) is 0. The van der Waals surface area contributed by atoms with Gasteiger partial charge in [0, 0.05) is 30.9 Å². The number of aromatic nitrogens is 3. The highest BCUT2D eigenvalue weighted by molar-refractivity contribution is 5.73. The van der Waals surface area contributed by atoms with Crippen LogP contribution in [0.3, 0.4) is 0 Å². The number of hydrogen-bond acceptors (Lipinski definition) is 1. The Balaban J connectivity index is 1.56. The van der Waals surface area contributed by atoms with E-state index in [0.717, 1.165) is 18.2 Å². The SMILES string of the molecule is Cc1ccc2c(c1-c1cc(CC3CCCCC3)cc[n+]1C)Cc1nccn1-2. The third kappa shape index (κ3) is 2.90. The van der Waals surface area contributed by atoms with Crippen LogP contribution in [-0.2, 0) is 19.9 Å². The number of nitrogens with zero attached hydrogens (tertiary/aromatic N) is 3. The summed E-state index contributed by atoms with van der Waals surface area (Å²) >= 11 is 0. The fourth-order valence-corrected chi connectivity index (χ4v) is 5.07. The first-order chi connectivity index (χ1) is 13.2. The summed E-state index contributed by atoms with van der Waals surface area (Å²) in [4.78, 5) is 4.55. The van der Waals surface area contributed by atoms with Crippen LogP contribution in [0.4, 0.5) is 0 Å². The molecule has 27 heavy (non-hydrogen) atoms. The van der Waals surface area contributed by atoms with Crippen LogP contribution in [0.25, 0.3) is 16.9 Å². The number of aryl methyl sites for hydroxylation is 2. The Bertz CT molecular complexity index is 993. The van der Waals surface area contributed by atoms with E-state index in [0.29, 0.717) is 0 Å². The molecule has 3 aromatic rings. The minimum Gasteiger partial charge on any atom is -0.303 e. The molecule has 1 aliphatic heterocycles. The molecule has 1 aromatic carbocycles. The Labute approximate surface area is 161 Å². The van der Waals surface area contributed by atoms with Gasteiger partial charge in [-0.2, -0.15) is 0 Å². The molecule has 1 fully saturated rings. The zero-order valence-corrected chi connectivity index (χ0v) is 16.4. The van der Waals surface area contributed by atoms with E-state index in [1.807, 2.05) is 6.20 Å². The molecule has 0 bridgehead atoms. The van der Waals surface area contributed by atoms with E-state index in [-0.39, 0.29) is 0 Å². The van der Waals surface area contributed by atoms with Crippen molar-refractivity contribution < 1.29 is 4.57 Å². The van der Waals surface area contributed by atoms with Gasteiger partial charge in [0.25, 0.3) is 0 Å². The molecule has 138 valence electrons. The van der Waals surface area contributed by atoms with Gasteiger partial charge in [-0.1, -0.05) is 38.2 Å². The maximum atomic E-state index is 4.55. The quantitative estimate of drug-likeness (QED) is 0.487. The third-order valence-corrected chi connectivity index (χ3v) is 6.53. The number of pyridine rings is 1. The zero-order chi connectivity index (χ0) is 18.4. The van der Waals surface area contributed by atoms with E-state index in [1.54, 1.807) is 0 Å². The number of rotatable bonds is 3. The van der Waals surface area contributed by atoms with Crippen LogP contribution < -0.4 is 4.57 Å². The van der Waals surface area contributed by atoms with Gasteiger partial charge >= 0.3 is 0 Å². The molecule has 3 heterocycles. The molecule has 0 radical (unpaired) electrons.